The number of carbonyl (C=O) groups is 2. The predicted molar refractivity (Wildman–Crippen MR) is 119 cm³/mol. The summed E-state index contributed by atoms with van der Waals surface area (Å²) < 4.78 is 10.9. The van der Waals surface area contributed by atoms with Gasteiger partial charge in [0.2, 0.25) is 0 Å². The molecule has 1 aliphatic rings. The van der Waals surface area contributed by atoms with Crippen molar-refractivity contribution in [2.45, 2.75) is 26.8 Å². The molecule has 0 radical (unpaired) electrons. The molecule has 1 N–H and O–H groups in total. The van der Waals surface area contributed by atoms with Crippen LogP contribution in [0.5, 0.6) is 5.75 Å². The maximum atomic E-state index is 12.8. The summed E-state index contributed by atoms with van der Waals surface area (Å²) in [6.45, 7) is 8.27. The highest BCUT2D eigenvalue weighted by Crippen LogP contribution is 2.26. The van der Waals surface area contributed by atoms with Crippen LogP contribution in [0.1, 0.15) is 41.6 Å². The first-order valence-corrected chi connectivity index (χ1v) is 10.7. The van der Waals surface area contributed by atoms with E-state index in [1.165, 1.54) is 6.26 Å². The number of nitriles is 1. The summed E-state index contributed by atoms with van der Waals surface area (Å²) in [5.74, 6) is 0.417. The first kappa shape index (κ1) is 22.9. The van der Waals surface area contributed by atoms with E-state index < -0.39 is 5.91 Å². The van der Waals surface area contributed by atoms with E-state index in [-0.39, 0.29) is 17.5 Å². The van der Waals surface area contributed by atoms with Gasteiger partial charge in [0, 0.05) is 37.9 Å². The van der Waals surface area contributed by atoms with E-state index in [4.69, 9.17) is 9.15 Å². The van der Waals surface area contributed by atoms with Crippen molar-refractivity contribution in [3.63, 3.8) is 0 Å². The Bertz CT molecular complexity index is 1020. The molecule has 1 saturated heterocycles. The lowest BCUT2D eigenvalue weighted by Crippen LogP contribution is -2.47. The highest BCUT2D eigenvalue weighted by molar-refractivity contribution is 5.97. The van der Waals surface area contributed by atoms with Gasteiger partial charge in [0.25, 0.3) is 11.8 Å². The summed E-state index contributed by atoms with van der Waals surface area (Å²) in [5, 5.41) is 12.4. The van der Waals surface area contributed by atoms with Gasteiger partial charge in [-0.3, -0.25) is 9.59 Å². The van der Waals surface area contributed by atoms with E-state index in [0.29, 0.717) is 44.3 Å². The van der Waals surface area contributed by atoms with Crippen LogP contribution >= 0.6 is 0 Å². The number of benzene rings is 1. The molecule has 2 amide bonds. The fourth-order valence-corrected chi connectivity index (χ4v) is 3.58. The number of piperazine rings is 1. The highest BCUT2D eigenvalue weighted by Gasteiger charge is 2.24. The van der Waals surface area contributed by atoms with Crippen molar-refractivity contribution in [2.24, 2.45) is 0 Å². The number of ether oxygens (including phenoxy) is 1. The summed E-state index contributed by atoms with van der Waals surface area (Å²) in [7, 11) is 0. The zero-order valence-corrected chi connectivity index (χ0v) is 18.6. The molecule has 3 rings (SSSR count). The minimum Gasteiger partial charge on any atom is -0.494 e. The van der Waals surface area contributed by atoms with Crippen molar-refractivity contribution < 1.29 is 18.7 Å². The van der Waals surface area contributed by atoms with Gasteiger partial charge in [-0.1, -0.05) is 17.7 Å². The van der Waals surface area contributed by atoms with Crippen molar-refractivity contribution in [2.75, 3.05) is 32.8 Å². The third kappa shape index (κ3) is 5.49. The lowest BCUT2D eigenvalue weighted by atomic mass is 10.0. The Morgan fingerprint density at radius 1 is 1.28 bits per heavy atom. The first-order valence-electron chi connectivity index (χ1n) is 10.7. The number of hydrogen-bond donors (Lipinski definition) is 1. The van der Waals surface area contributed by atoms with Crippen molar-refractivity contribution in [1.29, 1.82) is 5.26 Å². The Kier molecular flexibility index (Phi) is 7.55. The van der Waals surface area contributed by atoms with Gasteiger partial charge in [-0.15, -0.1) is 0 Å². The fraction of sp³-hybridized carbons (Fsp3) is 0.375. The molecule has 1 aromatic carbocycles. The molecular weight excluding hydrogens is 408 g/mol. The molecule has 8 nitrogen and oxygen atoms in total. The lowest BCUT2D eigenvalue weighted by molar-refractivity contribution is -0.117. The minimum atomic E-state index is -0.446. The number of aryl methyl sites for hydroxylation is 1. The molecule has 32 heavy (non-hydrogen) atoms. The monoisotopic (exact) mass is 436 g/mol. The molecule has 2 aromatic rings. The standard InChI is InChI=1S/C24H28N4O4/c1-4-31-21-8-7-17(2)14-20(21)18(3)26-23(29)19(15-25)16-27-9-11-28(12-10-27)24(30)22-6-5-13-32-22/h5-8,13-14,16,18H,4,9-12H2,1-3H3,(H,26,29)/b19-16-. The molecule has 1 unspecified atom stereocenters. The quantitative estimate of drug-likeness (QED) is 0.529. The van der Waals surface area contributed by atoms with E-state index in [9.17, 15) is 14.9 Å². The SMILES string of the molecule is CCOc1ccc(C)cc1C(C)NC(=O)/C(C#N)=C\N1CCN(C(=O)c2ccco2)CC1. The Balaban J connectivity index is 1.62. The molecule has 168 valence electrons. The second kappa shape index (κ2) is 10.5. The second-order valence-electron chi connectivity index (χ2n) is 7.63. The Labute approximate surface area is 188 Å². The summed E-state index contributed by atoms with van der Waals surface area (Å²) in [4.78, 5) is 28.7. The van der Waals surface area contributed by atoms with Crippen LogP contribution in [0, 0.1) is 18.3 Å². The molecule has 0 saturated carbocycles. The summed E-state index contributed by atoms with van der Waals surface area (Å²) in [5.41, 5.74) is 1.94. The maximum absolute atomic E-state index is 12.8. The van der Waals surface area contributed by atoms with Gasteiger partial charge in [-0.05, 0) is 39.0 Å². The molecule has 1 fully saturated rings. The van der Waals surface area contributed by atoms with Crippen LogP contribution in [-0.4, -0.2) is 54.4 Å². The zero-order valence-electron chi connectivity index (χ0n) is 18.6. The Morgan fingerprint density at radius 2 is 2.03 bits per heavy atom. The van der Waals surface area contributed by atoms with Crippen molar-refractivity contribution in [3.05, 3.63) is 65.3 Å². The van der Waals surface area contributed by atoms with Crippen LogP contribution in [-0.2, 0) is 4.79 Å². The van der Waals surface area contributed by atoms with Crippen LogP contribution in [0.4, 0.5) is 0 Å². The molecule has 1 aromatic heterocycles. The topological polar surface area (TPSA) is 98.8 Å². The average molecular weight is 437 g/mol. The van der Waals surface area contributed by atoms with Gasteiger partial charge in [0.15, 0.2) is 5.76 Å². The molecule has 2 heterocycles. The highest BCUT2D eigenvalue weighted by atomic mass is 16.5. The summed E-state index contributed by atoms with van der Waals surface area (Å²) >= 11 is 0. The van der Waals surface area contributed by atoms with Crippen molar-refractivity contribution in [1.82, 2.24) is 15.1 Å². The first-order chi connectivity index (χ1) is 15.4. The maximum Gasteiger partial charge on any atom is 0.289 e. The lowest BCUT2D eigenvalue weighted by Gasteiger charge is -2.33. The van der Waals surface area contributed by atoms with E-state index in [1.54, 1.807) is 23.2 Å². The molecule has 0 bridgehead atoms. The van der Waals surface area contributed by atoms with Crippen LogP contribution in [0.2, 0.25) is 0 Å². The zero-order chi connectivity index (χ0) is 23.1. The van der Waals surface area contributed by atoms with Gasteiger partial charge < -0.3 is 24.3 Å². The number of amides is 2. The van der Waals surface area contributed by atoms with E-state index >= 15 is 0 Å². The number of rotatable bonds is 7. The number of nitrogens with zero attached hydrogens (tertiary/aromatic N) is 3. The summed E-state index contributed by atoms with van der Waals surface area (Å²) in [6, 6.07) is 10.8. The van der Waals surface area contributed by atoms with Crippen LogP contribution < -0.4 is 10.1 Å². The van der Waals surface area contributed by atoms with E-state index in [0.717, 1.165) is 11.1 Å². The third-order valence-electron chi connectivity index (χ3n) is 5.29. The minimum absolute atomic E-state index is 0.0216. The van der Waals surface area contributed by atoms with Gasteiger partial charge in [-0.25, -0.2) is 0 Å². The average Bonchev–Trinajstić information content (AvgIpc) is 3.33. The van der Waals surface area contributed by atoms with Crippen molar-refractivity contribution in [3.8, 4) is 11.8 Å². The number of nitrogens with one attached hydrogen (secondary N) is 1. The van der Waals surface area contributed by atoms with Crippen LogP contribution in [0.15, 0.2) is 52.8 Å². The molecular formula is C24H28N4O4. The molecule has 1 atom stereocenters. The van der Waals surface area contributed by atoms with Crippen molar-refractivity contribution >= 4 is 11.8 Å². The largest absolute Gasteiger partial charge is 0.494 e. The van der Waals surface area contributed by atoms with E-state index in [1.807, 2.05) is 49.9 Å². The predicted octanol–water partition coefficient (Wildman–Crippen LogP) is 3.03. The Morgan fingerprint density at radius 3 is 2.66 bits per heavy atom. The normalized spacial score (nSPS) is 15.1. The van der Waals surface area contributed by atoms with E-state index in [2.05, 4.69) is 5.32 Å². The molecule has 0 aliphatic carbocycles. The van der Waals surface area contributed by atoms with Gasteiger partial charge >= 0.3 is 0 Å². The molecule has 8 heteroatoms. The second-order valence-corrected chi connectivity index (χ2v) is 7.63. The van der Waals surface area contributed by atoms with Crippen LogP contribution in [0.3, 0.4) is 0 Å². The molecule has 0 spiro atoms. The smallest absolute Gasteiger partial charge is 0.289 e. The fourth-order valence-electron chi connectivity index (χ4n) is 3.58. The van der Waals surface area contributed by atoms with Gasteiger partial charge in [-0.2, -0.15) is 5.26 Å². The number of furan rings is 1. The molecule has 1 aliphatic heterocycles. The third-order valence-corrected chi connectivity index (χ3v) is 5.29. The summed E-state index contributed by atoms with van der Waals surface area (Å²) in [6.07, 6.45) is 3.04. The van der Waals surface area contributed by atoms with Gasteiger partial charge in [0.05, 0.1) is 18.9 Å². The van der Waals surface area contributed by atoms with Crippen LogP contribution in [0.25, 0.3) is 0 Å². The van der Waals surface area contributed by atoms with Gasteiger partial charge in [0.1, 0.15) is 17.4 Å². The number of hydrogen-bond acceptors (Lipinski definition) is 6. The Hall–Kier alpha value is -3.73. The number of carbonyl (C=O) groups excluding carboxylic acids is 2.